The number of hydrogen-bond acceptors (Lipinski definition) is 4. The molecule has 1 N–H and O–H groups in total. The van der Waals surface area contributed by atoms with Gasteiger partial charge in [0.15, 0.2) is 5.69 Å². The minimum atomic E-state index is -4.51. The second-order valence-electron chi connectivity index (χ2n) is 5.61. The minimum absolute atomic E-state index is 0.0149. The van der Waals surface area contributed by atoms with Crippen LogP contribution in [-0.2, 0) is 6.18 Å². The predicted octanol–water partition coefficient (Wildman–Crippen LogP) is 1.72. The van der Waals surface area contributed by atoms with Crippen LogP contribution in [0.2, 0.25) is 0 Å². The molecule has 24 heavy (non-hydrogen) atoms. The molecule has 2 aromatic rings. The lowest BCUT2D eigenvalue weighted by atomic mass is 10.1. The summed E-state index contributed by atoms with van der Waals surface area (Å²) in [5, 5.41) is 10.6. The Labute approximate surface area is 136 Å². The van der Waals surface area contributed by atoms with Crippen LogP contribution in [0.15, 0.2) is 30.5 Å². The van der Waals surface area contributed by atoms with Crippen molar-refractivity contribution in [3.63, 3.8) is 0 Å². The highest BCUT2D eigenvalue weighted by atomic mass is 19.4. The number of halogens is 3. The number of hydrogen-bond donors (Lipinski definition) is 1. The van der Waals surface area contributed by atoms with Gasteiger partial charge in [0.05, 0.1) is 17.4 Å². The lowest BCUT2D eigenvalue weighted by Gasteiger charge is -2.33. The van der Waals surface area contributed by atoms with Gasteiger partial charge in [-0.1, -0.05) is 17.3 Å². The van der Waals surface area contributed by atoms with Crippen LogP contribution in [0.3, 0.4) is 0 Å². The monoisotopic (exact) mass is 339 g/mol. The summed E-state index contributed by atoms with van der Waals surface area (Å²) >= 11 is 0. The minimum Gasteiger partial charge on any atom is -0.332 e. The first-order valence-corrected chi connectivity index (χ1v) is 7.48. The lowest BCUT2D eigenvalue weighted by Crippen LogP contribution is -2.52. The maximum Gasteiger partial charge on any atom is 0.418 e. The van der Waals surface area contributed by atoms with Gasteiger partial charge in [0, 0.05) is 25.7 Å². The summed E-state index contributed by atoms with van der Waals surface area (Å²) in [5.74, 6) is -0.334. The Hall–Kier alpha value is -2.42. The maximum atomic E-state index is 13.1. The van der Waals surface area contributed by atoms with Crippen LogP contribution >= 0.6 is 0 Å². The highest BCUT2D eigenvalue weighted by Crippen LogP contribution is 2.33. The quantitative estimate of drug-likeness (QED) is 0.905. The normalized spacial score (nSPS) is 18.7. The Kier molecular flexibility index (Phi) is 4.27. The summed E-state index contributed by atoms with van der Waals surface area (Å²) in [6.07, 6.45) is -3.28. The van der Waals surface area contributed by atoms with E-state index in [2.05, 4.69) is 15.6 Å². The number of carbonyl (C=O) groups excluding carboxylic acids is 1. The van der Waals surface area contributed by atoms with Crippen LogP contribution in [0.1, 0.15) is 23.0 Å². The molecular weight excluding hydrogens is 323 g/mol. The van der Waals surface area contributed by atoms with E-state index < -0.39 is 11.7 Å². The zero-order valence-electron chi connectivity index (χ0n) is 12.9. The Morgan fingerprint density at radius 2 is 2.08 bits per heavy atom. The van der Waals surface area contributed by atoms with Crippen LogP contribution in [-0.4, -0.2) is 51.5 Å². The molecule has 1 aromatic heterocycles. The maximum absolute atomic E-state index is 13.1. The van der Waals surface area contributed by atoms with E-state index in [4.69, 9.17) is 0 Å². The third-order valence-corrected chi connectivity index (χ3v) is 3.93. The Bertz CT molecular complexity index is 743. The van der Waals surface area contributed by atoms with Crippen LogP contribution in [0.25, 0.3) is 5.69 Å². The SMILES string of the molecule is CC1CNCCN1C(=O)c1cn(-c2ccccc2C(F)(F)F)nn1. The Morgan fingerprint density at radius 3 is 2.79 bits per heavy atom. The van der Waals surface area contributed by atoms with E-state index in [1.54, 1.807) is 4.90 Å². The van der Waals surface area contributed by atoms with Crippen LogP contribution in [0.4, 0.5) is 13.2 Å². The predicted molar refractivity (Wildman–Crippen MR) is 79.7 cm³/mol. The molecule has 0 bridgehead atoms. The fourth-order valence-corrected chi connectivity index (χ4v) is 2.68. The first-order valence-electron chi connectivity index (χ1n) is 7.48. The highest BCUT2D eigenvalue weighted by Gasteiger charge is 2.34. The van der Waals surface area contributed by atoms with Gasteiger partial charge in [-0.3, -0.25) is 4.79 Å². The average Bonchev–Trinajstić information content (AvgIpc) is 3.04. The first kappa shape index (κ1) is 16.4. The van der Waals surface area contributed by atoms with E-state index in [-0.39, 0.29) is 23.3 Å². The molecule has 1 aliphatic heterocycles. The van der Waals surface area contributed by atoms with Gasteiger partial charge in [-0.25, -0.2) is 4.68 Å². The molecule has 2 heterocycles. The van der Waals surface area contributed by atoms with E-state index in [1.807, 2.05) is 6.92 Å². The van der Waals surface area contributed by atoms with E-state index in [9.17, 15) is 18.0 Å². The zero-order chi connectivity index (χ0) is 17.3. The van der Waals surface area contributed by atoms with E-state index in [0.717, 1.165) is 10.7 Å². The third kappa shape index (κ3) is 3.12. The number of benzene rings is 1. The van der Waals surface area contributed by atoms with Gasteiger partial charge in [-0.2, -0.15) is 13.2 Å². The van der Waals surface area contributed by atoms with Crippen molar-refractivity contribution >= 4 is 5.91 Å². The number of amides is 1. The molecule has 1 saturated heterocycles. The summed E-state index contributed by atoms with van der Waals surface area (Å²) in [6, 6.07) is 5.03. The van der Waals surface area contributed by atoms with Gasteiger partial charge in [0.25, 0.3) is 5.91 Å². The fourth-order valence-electron chi connectivity index (χ4n) is 2.68. The Balaban J connectivity index is 1.90. The number of para-hydroxylation sites is 1. The van der Waals surface area contributed by atoms with Crippen molar-refractivity contribution in [1.82, 2.24) is 25.2 Å². The van der Waals surface area contributed by atoms with Crippen LogP contribution < -0.4 is 5.32 Å². The van der Waals surface area contributed by atoms with Crippen molar-refractivity contribution in [3.05, 3.63) is 41.7 Å². The van der Waals surface area contributed by atoms with Crippen molar-refractivity contribution in [1.29, 1.82) is 0 Å². The first-order chi connectivity index (χ1) is 11.4. The summed E-state index contributed by atoms with van der Waals surface area (Å²) in [5.41, 5.74) is -0.963. The van der Waals surface area contributed by atoms with Crippen LogP contribution in [0, 0.1) is 0 Å². The summed E-state index contributed by atoms with van der Waals surface area (Å²) in [4.78, 5) is 14.1. The Morgan fingerprint density at radius 1 is 1.33 bits per heavy atom. The number of aromatic nitrogens is 3. The molecule has 3 rings (SSSR count). The van der Waals surface area contributed by atoms with Gasteiger partial charge in [0.1, 0.15) is 0 Å². The second kappa shape index (κ2) is 6.23. The second-order valence-corrected chi connectivity index (χ2v) is 5.61. The summed E-state index contributed by atoms with van der Waals surface area (Å²) < 4.78 is 40.3. The summed E-state index contributed by atoms with van der Waals surface area (Å²) in [7, 11) is 0. The molecule has 0 saturated carbocycles. The summed E-state index contributed by atoms with van der Waals surface area (Å²) in [6.45, 7) is 3.75. The van der Waals surface area contributed by atoms with Crippen LogP contribution in [0.5, 0.6) is 0 Å². The average molecular weight is 339 g/mol. The van der Waals surface area contributed by atoms with Crippen molar-refractivity contribution in [2.45, 2.75) is 19.1 Å². The molecule has 1 amide bonds. The van der Waals surface area contributed by atoms with Gasteiger partial charge in [0.2, 0.25) is 0 Å². The third-order valence-electron chi connectivity index (χ3n) is 3.93. The molecular formula is C15H16F3N5O. The number of nitrogens with zero attached hydrogens (tertiary/aromatic N) is 4. The van der Waals surface area contributed by atoms with Gasteiger partial charge < -0.3 is 10.2 Å². The molecule has 0 radical (unpaired) electrons. The van der Waals surface area contributed by atoms with Crippen molar-refractivity contribution < 1.29 is 18.0 Å². The molecule has 6 nitrogen and oxygen atoms in total. The van der Waals surface area contributed by atoms with Crippen molar-refractivity contribution in [3.8, 4) is 5.69 Å². The smallest absolute Gasteiger partial charge is 0.332 e. The van der Waals surface area contributed by atoms with Gasteiger partial charge in [-0.05, 0) is 19.1 Å². The largest absolute Gasteiger partial charge is 0.418 e. The molecule has 1 fully saturated rings. The van der Waals surface area contributed by atoms with E-state index >= 15 is 0 Å². The van der Waals surface area contributed by atoms with Crippen molar-refractivity contribution in [2.24, 2.45) is 0 Å². The molecule has 0 aliphatic carbocycles. The standard InChI is InChI=1S/C15H16F3N5O/c1-10-8-19-6-7-22(10)14(24)12-9-23(21-20-12)13-5-3-2-4-11(13)15(16,17)18/h2-5,9-10,19H,6-8H2,1H3. The van der Waals surface area contributed by atoms with Gasteiger partial charge in [-0.15, -0.1) is 5.10 Å². The number of alkyl halides is 3. The number of piperazine rings is 1. The van der Waals surface area contributed by atoms with Gasteiger partial charge >= 0.3 is 6.18 Å². The topological polar surface area (TPSA) is 63.1 Å². The molecule has 1 aromatic carbocycles. The highest BCUT2D eigenvalue weighted by molar-refractivity contribution is 5.92. The molecule has 9 heteroatoms. The molecule has 128 valence electrons. The zero-order valence-corrected chi connectivity index (χ0v) is 12.9. The van der Waals surface area contributed by atoms with E-state index in [0.29, 0.717) is 19.6 Å². The van der Waals surface area contributed by atoms with Crippen molar-refractivity contribution in [2.75, 3.05) is 19.6 Å². The fraction of sp³-hybridized carbons (Fsp3) is 0.400. The molecule has 1 aliphatic rings. The number of carbonyl (C=O) groups is 1. The van der Waals surface area contributed by atoms with E-state index in [1.165, 1.54) is 24.4 Å². The molecule has 0 spiro atoms. The number of nitrogens with one attached hydrogen (secondary N) is 1. The molecule has 1 atom stereocenters. The number of rotatable bonds is 2. The lowest BCUT2D eigenvalue weighted by molar-refractivity contribution is -0.137. The molecule has 1 unspecified atom stereocenters.